The van der Waals surface area contributed by atoms with Gasteiger partial charge in [-0.05, 0) is 42.7 Å². The molecular formula is C20H20ClFN4. The summed E-state index contributed by atoms with van der Waals surface area (Å²) in [5, 5.41) is 7.88. The van der Waals surface area contributed by atoms with Crippen molar-refractivity contribution in [2.24, 2.45) is 0 Å². The maximum absolute atomic E-state index is 13.3. The van der Waals surface area contributed by atoms with Gasteiger partial charge in [0.05, 0.1) is 10.5 Å². The Balaban J connectivity index is 1.60. The first-order chi connectivity index (χ1) is 12.7. The van der Waals surface area contributed by atoms with Gasteiger partial charge in [0.2, 0.25) is 5.95 Å². The number of fused-ring (bicyclic) bond motifs is 1. The molecule has 6 heteroatoms. The molecule has 0 spiro atoms. The summed E-state index contributed by atoms with van der Waals surface area (Å²) in [5.41, 5.74) is 1.78. The lowest BCUT2D eigenvalue weighted by Crippen LogP contribution is -2.17. The number of hydrogen-bond acceptors (Lipinski definition) is 4. The minimum absolute atomic E-state index is 0.125. The van der Waals surface area contributed by atoms with E-state index in [-0.39, 0.29) is 5.02 Å². The number of nitrogens with one attached hydrogen (secondary N) is 2. The molecule has 4 nitrogen and oxygen atoms in total. The Kier molecular flexibility index (Phi) is 4.89. The third-order valence-electron chi connectivity index (χ3n) is 4.74. The van der Waals surface area contributed by atoms with Crippen LogP contribution in [0.2, 0.25) is 5.02 Å². The first-order valence-corrected chi connectivity index (χ1v) is 9.28. The van der Waals surface area contributed by atoms with E-state index in [0.717, 1.165) is 35.1 Å². The highest BCUT2D eigenvalue weighted by atomic mass is 35.5. The largest absolute Gasteiger partial charge is 0.365 e. The van der Waals surface area contributed by atoms with Crippen LogP contribution in [-0.2, 0) is 6.54 Å². The van der Waals surface area contributed by atoms with Gasteiger partial charge in [0, 0.05) is 18.0 Å². The number of hydrogen-bond donors (Lipinski definition) is 2. The van der Waals surface area contributed by atoms with Crippen molar-refractivity contribution in [2.45, 2.75) is 38.3 Å². The SMILES string of the molecule is Fc1ccc(CNc2nc(NC3CCCC3)nc3ccccc23)cc1Cl. The minimum atomic E-state index is -0.411. The molecule has 1 saturated carbocycles. The Hall–Kier alpha value is -2.40. The van der Waals surface area contributed by atoms with E-state index in [1.54, 1.807) is 12.1 Å². The summed E-state index contributed by atoms with van der Waals surface area (Å²) in [5.74, 6) is 0.998. The third kappa shape index (κ3) is 3.73. The highest BCUT2D eigenvalue weighted by Gasteiger charge is 2.16. The van der Waals surface area contributed by atoms with Crippen LogP contribution in [0, 0.1) is 5.82 Å². The predicted molar refractivity (Wildman–Crippen MR) is 104 cm³/mol. The molecule has 0 bridgehead atoms. The highest BCUT2D eigenvalue weighted by Crippen LogP contribution is 2.26. The maximum Gasteiger partial charge on any atom is 0.225 e. The summed E-state index contributed by atoms with van der Waals surface area (Å²) in [7, 11) is 0. The molecule has 4 rings (SSSR count). The molecule has 1 aliphatic carbocycles. The van der Waals surface area contributed by atoms with Gasteiger partial charge in [0.25, 0.3) is 0 Å². The second-order valence-corrected chi connectivity index (χ2v) is 7.05. The number of rotatable bonds is 5. The zero-order valence-corrected chi connectivity index (χ0v) is 15.1. The van der Waals surface area contributed by atoms with E-state index >= 15 is 0 Å². The molecule has 0 atom stereocenters. The van der Waals surface area contributed by atoms with Gasteiger partial charge in [0.1, 0.15) is 11.6 Å². The Morgan fingerprint density at radius 3 is 2.69 bits per heavy atom. The monoisotopic (exact) mass is 370 g/mol. The lowest BCUT2D eigenvalue weighted by molar-refractivity contribution is 0.627. The van der Waals surface area contributed by atoms with Crippen LogP contribution in [0.4, 0.5) is 16.2 Å². The zero-order chi connectivity index (χ0) is 17.9. The van der Waals surface area contributed by atoms with Crippen molar-refractivity contribution in [2.75, 3.05) is 10.6 Å². The summed E-state index contributed by atoms with van der Waals surface area (Å²) < 4.78 is 13.3. The third-order valence-corrected chi connectivity index (χ3v) is 5.03. The van der Waals surface area contributed by atoms with Crippen LogP contribution in [0.3, 0.4) is 0 Å². The molecule has 2 aromatic carbocycles. The van der Waals surface area contributed by atoms with Crippen molar-refractivity contribution in [1.82, 2.24) is 9.97 Å². The van der Waals surface area contributed by atoms with Gasteiger partial charge < -0.3 is 10.6 Å². The summed E-state index contributed by atoms with van der Waals surface area (Å²) in [6.45, 7) is 0.504. The van der Waals surface area contributed by atoms with Crippen LogP contribution < -0.4 is 10.6 Å². The first-order valence-electron chi connectivity index (χ1n) is 8.90. The van der Waals surface area contributed by atoms with Gasteiger partial charge >= 0.3 is 0 Å². The predicted octanol–water partition coefficient (Wildman–Crippen LogP) is 5.39. The van der Waals surface area contributed by atoms with E-state index in [2.05, 4.69) is 20.6 Å². The Bertz CT molecular complexity index is 925. The maximum atomic E-state index is 13.3. The Morgan fingerprint density at radius 2 is 1.88 bits per heavy atom. The topological polar surface area (TPSA) is 49.8 Å². The van der Waals surface area contributed by atoms with Crippen LogP contribution in [0.5, 0.6) is 0 Å². The summed E-state index contributed by atoms with van der Waals surface area (Å²) >= 11 is 5.87. The van der Waals surface area contributed by atoms with Crippen LogP contribution in [0.25, 0.3) is 10.9 Å². The van der Waals surface area contributed by atoms with E-state index in [0.29, 0.717) is 18.5 Å². The van der Waals surface area contributed by atoms with Crippen LogP contribution in [0.15, 0.2) is 42.5 Å². The first kappa shape index (κ1) is 17.0. The average molecular weight is 371 g/mol. The zero-order valence-electron chi connectivity index (χ0n) is 14.3. The fourth-order valence-corrected chi connectivity index (χ4v) is 3.57. The molecule has 1 aliphatic rings. The van der Waals surface area contributed by atoms with E-state index in [1.807, 2.05) is 24.3 Å². The number of nitrogens with zero attached hydrogens (tertiary/aromatic N) is 2. The molecule has 0 radical (unpaired) electrons. The molecule has 1 heterocycles. The molecule has 0 saturated heterocycles. The molecular weight excluding hydrogens is 351 g/mol. The second-order valence-electron chi connectivity index (χ2n) is 6.64. The van der Waals surface area contributed by atoms with Gasteiger partial charge in [0.15, 0.2) is 0 Å². The lowest BCUT2D eigenvalue weighted by atomic mass is 10.2. The van der Waals surface area contributed by atoms with Gasteiger partial charge in [-0.15, -0.1) is 0 Å². The minimum Gasteiger partial charge on any atom is -0.365 e. The van der Waals surface area contributed by atoms with Gasteiger partial charge in [-0.1, -0.05) is 42.6 Å². The smallest absolute Gasteiger partial charge is 0.225 e. The van der Waals surface area contributed by atoms with Gasteiger partial charge in [-0.2, -0.15) is 4.98 Å². The van der Waals surface area contributed by atoms with Crippen molar-refractivity contribution in [1.29, 1.82) is 0 Å². The molecule has 1 aromatic heterocycles. The van der Waals surface area contributed by atoms with E-state index in [9.17, 15) is 4.39 Å². The molecule has 0 amide bonds. The molecule has 3 aromatic rings. The number of aromatic nitrogens is 2. The van der Waals surface area contributed by atoms with Gasteiger partial charge in [-0.3, -0.25) is 0 Å². The number of para-hydroxylation sites is 1. The molecule has 2 N–H and O–H groups in total. The summed E-state index contributed by atoms with van der Waals surface area (Å²) in [4.78, 5) is 9.33. The van der Waals surface area contributed by atoms with Crippen LogP contribution >= 0.6 is 11.6 Å². The Labute approximate surface area is 156 Å². The van der Waals surface area contributed by atoms with Gasteiger partial charge in [-0.25, -0.2) is 9.37 Å². The number of benzene rings is 2. The number of anilines is 2. The van der Waals surface area contributed by atoms with Crippen molar-refractivity contribution >= 4 is 34.3 Å². The van der Waals surface area contributed by atoms with Crippen molar-refractivity contribution in [3.63, 3.8) is 0 Å². The molecule has 0 aliphatic heterocycles. The quantitative estimate of drug-likeness (QED) is 0.632. The summed E-state index contributed by atoms with van der Waals surface area (Å²) in [6, 6.07) is 13.1. The van der Waals surface area contributed by atoms with Crippen molar-refractivity contribution < 1.29 is 4.39 Å². The van der Waals surface area contributed by atoms with Crippen LogP contribution in [-0.4, -0.2) is 16.0 Å². The average Bonchev–Trinajstić information content (AvgIpc) is 3.15. The standard InChI is InChI=1S/C20H20ClFN4/c21-16-11-13(9-10-17(16)22)12-23-19-15-7-3-4-8-18(15)25-20(26-19)24-14-5-1-2-6-14/h3-4,7-11,14H,1-2,5-6,12H2,(H2,23,24,25,26). The van der Waals surface area contributed by atoms with E-state index in [1.165, 1.54) is 18.9 Å². The second kappa shape index (κ2) is 7.46. The lowest BCUT2D eigenvalue weighted by Gasteiger charge is -2.15. The Morgan fingerprint density at radius 1 is 1.08 bits per heavy atom. The molecule has 26 heavy (non-hydrogen) atoms. The molecule has 1 fully saturated rings. The highest BCUT2D eigenvalue weighted by molar-refractivity contribution is 6.30. The summed E-state index contributed by atoms with van der Waals surface area (Å²) in [6.07, 6.45) is 4.82. The van der Waals surface area contributed by atoms with E-state index < -0.39 is 5.82 Å². The van der Waals surface area contributed by atoms with Crippen LogP contribution in [0.1, 0.15) is 31.2 Å². The fourth-order valence-electron chi connectivity index (χ4n) is 3.36. The van der Waals surface area contributed by atoms with E-state index in [4.69, 9.17) is 11.6 Å². The molecule has 134 valence electrons. The normalized spacial score (nSPS) is 14.7. The fraction of sp³-hybridized carbons (Fsp3) is 0.300. The molecule has 0 unspecified atom stereocenters. The number of halogens is 2. The van der Waals surface area contributed by atoms with Crippen molar-refractivity contribution in [3.05, 3.63) is 58.9 Å². The van der Waals surface area contributed by atoms with Crippen molar-refractivity contribution in [3.8, 4) is 0 Å².